The number of aromatic amines is 1. The standard InChI is InChI=1S/C63H88N16O18S3/c1-32-9-7-11-43-44(24-45(33(2)23-38-30-98-35(4)72-38)97-50(84)25-46(80)63(5,6)53(86)34(3)52(32)85)79(43)19-20-95-62(94)96-21-22-99-100-31-42(59(92)93)75-49(83)29-71-56(88)40(10-8-18-67-60(64)65)74-48(82)28-69-47(81)17-16-41(58(90)91)76-55(87)36-12-14-37(15-13-36)68-26-39-27-70-54-51(73-39)57(89)78-61(66)77-54/h12-15,23,27,30,32,34,40-46,52,68,80,85H,7-11,16-22,24-26,28-29,31H2,1-6H3,(H,69,81)(H,71,88)(H,74,82)(H,75,83)(H,76,87)(H,90,91)(H,92,93)(H4,64,65,67)(H3,66,70,77,78,89)/b33-23+/t32?,34-,40?,41+,42?,43-,44+,45+,46?,52+,79?/m1/s1. The molecule has 2 aliphatic rings. The molecule has 0 aliphatic carbocycles. The van der Waals surface area contributed by atoms with Crippen LogP contribution in [0.5, 0.6) is 0 Å². The number of aliphatic hydroxyl groups is 2. The number of Topliss-reactive ketones (excluding diaryl/α,β-unsaturated/α-hetero) is 1. The molecule has 0 bridgehead atoms. The maximum atomic E-state index is 13.6. The number of nitrogens with one attached hydrogen (secondary N) is 7. The molecule has 2 aliphatic heterocycles. The number of fused-ring (bicyclic) bond motifs is 2. The molecule has 11 atom stereocenters. The smallest absolute Gasteiger partial charge is 0.480 e. The van der Waals surface area contributed by atoms with Crippen LogP contribution in [0.4, 0.5) is 16.4 Å². The summed E-state index contributed by atoms with van der Waals surface area (Å²) in [5, 5.41) is 59.8. The van der Waals surface area contributed by atoms with E-state index in [1.807, 2.05) is 32.2 Å². The van der Waals surface area contributed by atoms with Gasteiger partial charge in [0.25, 0.3) is 11.5 Å². The van der Waals surface area contributed by atoms with E-state index in [9.17, 15) is 73.2 Å². The van der Waals surface area contributed by atoms with E-state index in [0.717, 1.165) is 32.2 Å². The van der Waals surface area contributed by atoms with Crippen LogP contribution >= 0.6 is 32.9 Å². The number of anilines is 2. The van der Waals surface area contributed by atoms with Crippen molar-refractivity contribution in [3.8, 4) is 0 Å². The van der Waals surface area contributed by atoms with Crippen LogP contribution in [0.2, 0.25) is 0 Å². The molecule has 546 valence electrons. The van der Waals surface area contributed by atoms with E-state index in [2.05, 4.69) is 66.7 Å². The molecule has 5 heterocycles. The van der Waals surface area contributed by atoms with E-state index in [0.29, 0.717) is 49.3 Å². The van der Waals surface area contributed by atoms with Gasteiger partial charge in [0.1, 0.15) is 43.2 Å². The Morgan fingerprint density at radius 3 is 2.25 bits per heavy atom. The third-order valence-corrected chi connectivity index (χ3v) is 19.9. The van der Waals surface area contributed by atoms with E-state index in [-0.39, 0.29) is 109 Å². The quantitative estimate of drug-likeness (QED) is 0.00814. The van der Waals surface area contributed by atoms with Crippen LogP contribution < -0.4 is 54.7 Å². The number of carbonyl (C=O) groups is 10. The summed E-state index contributed by atoms with van der Waals surface area (Å²) in [6.07, 6.45) is 0.476. The van der Waals surface area contributed by atoms with Gasteiger partial charge in [0.05, 0.1) is 66.3 Å². The lowest BCUT2D eigenvalue weighted by Gasteiger charge is -2.34. The lowest BCUT2D eigenvalue weighted by molar-refractivity contribution is -0.154. The maximum absolute atomic E-state index is 13.6. The summed E-state index contributed by atoms with van der Waals surface area (Å²) in [4.78, 5) is 167. The lowest BCUT2D eigenvalue weighted by Crippen LogP contribution is -2.52. The topological polar surface area (TPSA) is 529 Å². The number of aryl methyl sites for hydroxylation is 1. The molecule has 4 aromatic rings. The minimum atomic E-state index is -1.52. The molecule has 6 rings (SSSR count). The number of hydrogen-bond donors (Lipinski definition) is 14. The number of rotatable bonds is 32. The van der Waals surface area contributed by atoms with Gasteiger partial charge in [0.2, 0.25) is 29.6 Å². The zero-order valence-corrected chi connectivity index (χ0v) is 58.6. The molecule has 1 aromatic carbocycles. The number of aliphatic carboxylic acids is 2. The molecule has 2 fully saturated rings. The number of carboxylic acid groups (broad SMARTS) is 2. The molecule has 0 spiro atoms. The summed E-state index contributed by atoms with van der Waals surface area (Å²) in [5.74, 6) is -9.34. The number of ether oxygens (including phenoxy) is 3. The first-order chi connectivity index (χ1) is 47.4. The summed E-state index contributed by atoms with van der Waals surface area (Å²) < 4.78 is 16.7. The number of nitrogens with zero attached hydrogens (tertiary/aromatic N) is 6. The monoisotopic (exact) mass is 1450 g/mol. The molecule has 2 saturated heterocycles. The van der Waals surface area contributed by atoms with Crippen LogP contribution in [0.1, 0.15) is 119 Å². The highest BCUT2D eigenvalue weighted by atomic mass is 33.1. The Bertz CT molecular complexity index is 3670. The van der Waals surface area contributed by atoms with Crippen molar-refractivity contribution in [2.24, 2.45) is 33.7 Å². The number of hydrogen-bond acceptors (Lipinski definition) is 27. The van der Waals surface area contributed by atoms with Gasteiger partial charge in [-0.3, -0.25) is 53.2 Å². The lowest BCUT2D eigenvalue weighted by atomic mass is 9.73. The first-order valence-corrected chi connectivity index (χ1v) is 35.6. The van der Waals surface area contributed by atoms with Crippen molar-refractivity contribution in [2.75, 3.05) is 61.9 Å². The molecule has 17 N–H and O–H groups in total. The van der Waals surface area contributed by atoms with Crippen LogP contribution in [0.25, 0.3) is 17.2 Å². The zero-order valence-electron chi connectivity index (χ0n) is 56.2. The number of nitrogens with two attached hydrogens (primary N) is 3. The number of cyclic esters (lactones) is 1. The van der Waals surface area contributed by atoms with Gasteiger partial charge >= 0.3 is 24.1 Å². The summed E-state index contributed by atoms with van der Waals surface area (Å²) in [6, 6.07) is 1.61. The molecule has 37 heteroatoms. The second-order valence-electron chi connectivity index (χ2n) is 24.7. The second-order valence-corrected chi connectivity index (χ2v) is 28.3. The van der Waals surface area contributed by atoms with E-state index in [1.165, 1.54) is 29.7 Å². The molecular weight excluding hydrogens is 1360 g/mol. The van der Waals surface area contributed by atoms with Gasteiger partial charge in [-0.25, -0.2) is 29.3 Å². The highest BCUT2D eigenvalue weighted by Crippen LogP contribution is 2.39. The maximum Gasteiger partial charge on any atom is 0.508 e. The molecule has 100 heavy (non-hydrogen) atoms. The molecule has 0 radical (unpaired) electrons. The molecule has 34 nitrogen and oxygen atoms in total. The number of thiazole rings is 1. The number of esters is 1. The van der Waals surface area contributed by atoms with Gasteiger partial charge in [0.15, 0.2) is 17.1 Å². The Balaban J connectivity index is 0.898. The van der Waals surface area contributed by atoms with Crippen molar-refractivity contribution in [1.82, 2.24) is 56.4 Å². The highest BCUT2D eigenvalue weighted by Gasteiger charge is 2.49. The number of aromatic nitrogens is 5. The molecule has 0 saturated carbocycles. The summed E-state index contributed by atoms with van der Waals surface area (Å²) in [6.45, 7) is 9.33. The predicted octanol–water partition coefficient (Wildman–Crippen LogP) is 1.13. The van der Waals surface area contributed by atoms with Crippen LogP contribution in [-0.2, 0) is 59.1 Å². The average molecular weight is 1450 g/mol. The first kappa shape index (κ1) is 79.9. The number of carboxylic acids is 2. The number of aliphatic imine (C=N–C) groups is 1. The number of H-pyrrole nitrogens is 1. The van der Waals surface area contributed by atoms with Gasteiger partial charge in [-0.2, -0.15) is 4.98 Å². The fourth-order valence-corrected chi connectivity index (χ4v) is 13.5. The minimum Gasteiger partial charge on any atom is -0.480 e. The highest BCUT2D eigenvalue weighted by molar-refractivity contribution is 8.76. The number of guanidine groups is 1. The van der Waals surface area contributed by atoms with Crippen LogP contribution in [0.15, 0.2) is 51.2 Å². The van der Waals surface area contributed by atoms with Gasteiger partial charge in [0, 0.05) is 72.1 Å². The normalized spacial score (nSPS) is 21.1. The van der Waals surface area contributed by atoms with Crippen molar-refractivity contribution in [1.29, 1.82) is 0 Å². The molecule has 5 amide bonds. The Morgan fingerprint density at radius 2 is 1.57 bits per heavy atom. The molecule has 3 aromatic heterocycles. The third kappa shape index (κ3) is 25.3. The average Bonchev–Trinajstić information content (AvgIpc) is 1.58. The third-order valence-electron chi connectivity index (χ3n) is 16.7. The van der Waals surface area contributed by atoms with Crippen molar-refractivity contribution in [3.05, 3.63) is 73.7 Å². The fraction of sp³-hybridized carbons (Fsp3) is 0.556. The Morgan fingerprint density at radius 1 is 0.880 bits per heavy atom. The fourth-order valence-electron chi connectivity index (χ4n) is 10.9. The molecular formula is C63H88N16O18S3. The molecule has 5 unspecified atom stereocenters. The van der Waals surface area contributed by atoms with Gasteiger partial charge in [-0.15, -0.1) is 11.3 Å². The number of aliphatic hydroxyl groups excluding tert-OH is 2. The van der Waals surface area contributed by atoms with Gasteiger partial charge in [-0.1, -0.05) is 55.7 Å². The summed E-state index contributed by atoms with van der Waals surface area (Å²) >= 11 is 1.47. The first-order valence-electron chi connectivity index (χ1n) is 32.2. The SMILES string of the molecule is C/C(=C\c1csc(C)n1)[C@@H]1C[C@H]2[C@@H](CCCC(C)[C@H](O)[C@@H](C)C(=O)C(C)(C)C(O)CC(=O)O1)N2CCOC(=O)OCCSSCC(NC(=O)CNC(=O)C(CCCN=C(N)N)NC(=O)CNC(=O)CC[C@H](NC(=O)c1ccc(NCc2cnc3nc(N)[nH]c(=O)c3n2)cc1)C(=O)O)C(=O)O. The van der Waals surface area contributed by atoms with E-state index >= 15 is 0 Å². The largest absolute Gasteiger partial charge is 0.508 e. The van der Waals surface area contributed by atoms with Crippen molar-refractivity contribution in [2.45, 2.75) is 154 Å². The Kier molecular flexibility index (Phi) is 30.8. The van der Waals surface area contributed by atoms with E-state index < -0.39 is 133 Å². The number of carbonyl (C=O) groups excluding carboxylic acids is 8. The number of nitrogen functional groups attached to an aromatic ring is 1. The predicted molar refractivity (Wildman–Crippen MR) is 371 cm³/mol. The van der Waals surface area contributed by atoms with Crippen molar-refractivity contribution < 1.29 is 82.6 Å². The van der Waals surface area contributed by atoms with E-state index in [4.69, 9.17) is 31.4 Å². The van der Waals surface area contributed by atoms with Crippen LogP contribution in [-0.4, -0.2) is 215 Å². The number of ketones is 1. The zero-order chi connectivity index (χ0) is 73.4. The van der Waals surface area contributed by atoms with Crippen LogP contribution in [0, 0.1) is 24.2 Å². The summed E-state index contributed by atoms with van der Waals surface area (Å²) in [7, 11) is 2.21. The summed E-state index contributed by atoms with van der Waals surface area (Å²) in [5.41, 5.74) is 17.0. The van der Waals surface area contributed by atoms with Gasteiger partial charge < -0.3 is 83.7 Å². The Hall–Kier alpha value is -9.04. The van der Waals surface area contributed by atoms with E-state index in [1.54, 1.807) is 32.9 Å². The van der Waals surface area contributed by atoms with Crippen LogP contribution in [0.3, 0.4) is 0 Å². The minimum absolute atomic E-state index is 0.00616. The second kappa shape index (κ2) is 38.5. The number of benzene rings is 1. The van der Waals surface area contributed by atoms with Gasteiger partial charge in [-0.05, 0) is 87.8 Å². The van der Waals surface area contributed by atoms with Crippen molar-refractivity contribution in [3.63, 3.8) is 0 Å². The Labute approximate surface area is 587 Å². The van der Waals surface area contributed by atoms with Crippen molar-refractivity contribution >= 4 is 127 Å². The number of amides is 5.